The molecule has 2 amide bonds. The highest BCUT2D eigenvalue weighted by molar-refractivity contribution is 9.10. The minimum atomic E-state index is -0.263. The van der Waals surface area contributed by atoms with Crippen molar-refractivity contribution in [3.8, 4) is 11.5 Å². The fourth-order valence-electron chi connectivity index (χ4n) is 2.76. The van der Waals surface area contributed by atoms with Gasteiger partial charge in [-0.15, -0.1) is 0 Å². The van der Waals surface area contributed by atoms with Gasteiger partial charge >= 0.3 is 0 Å². The quantitative estimate of drug-likeness (QED) is 0.521. The van der Waals surface area contributed by atoms with Crippen molar-refractivity contribution in [2.45, 2.75) is 33.6 Å². The Hall–Kier alpha value is -2.54. The minimum Gasteiger partial charge on any atom is -0.490 e. The van der Waals surface area contributed by atoms with Crippen molar-refractivity contribution in [1.29, 1.82) is 0 Å². The summed E-state index contributed by atoms with van der Waals surface area (Å²) in [5, 5.41) is 2.85. The van der Waals surface area contributed by atoms with Crippen LogP contribution in [0.4, 0.5) is 5.69 Å². The molecule has 6 nitrogen and oxygen atoms in total. The molecule has 0 atom stereocenters. The Morgan fingerprint density at radius 2 is 1.67 bits per heavy atom. The standard InChI is InChI=1S/C23H29BrN2O4/c1-5-11-29-20-10-7-17(14-21(20)30-12-6-2)23(28)26(4)15-22(27)25-19-9-8-18(24)13-16(19)3/h7-10,13-14H,5-6,11-12,15H2,1-4H3,(H,25,27). The van der Waals surface area contributed by atoms with Crippen LogP contribution in [0.15, 0.2) is 40.9 Å². The molecule has 2 rings (SSSR count). The lowest BCUT2D eigenvalue weighted by Gasteiger charge is -2.19. The molecule has 0 unspecified atom stereocenters. The monoisotopic (exact) mass is 476 g/mol. The van der Waals surface area contributed by atoms with Crippen LogP contribution in [-0.2, 0) is 4.79 Å². The van der Waals surface area contributed by atoms with E-state index in [1.165, 1.54) is 4.90 Å². The maximum Gasteiger partial charge on any atom is 0.254 e. The van der Waals surface area contributed by atoms with Crippen LogP contribution in [0.5, 0.6) is 11.5 Å². The molecular weight excluding hydrogens is 448 g/mol. The zero-order chi connectivity index (χ0) is 22.1. The number of nitrogens with zero attached hydrogens (tertiary/aromatic N) is 1. The van der Waals surface area contributed by atoms with Gasteiger partial charge in [0.2, 0.25) is 5.91 Å². The minimum absolute atomic E-state index is 0.0619. The number of carbonyl (C=O) groups excluding carboxylic acids is 2. The number of halogens is 1. The molecule has 0 aromatic heterocycles. The normalized spacial score (nSPS) is 10.4. The lowest BCUT2D eigenvalue weighted by Crippen LogP contribution is -2.35. The average Bonchev–Trinajstić information content (AvgIpc) is 2.72. The number of amides is 2. The topological polar surface area (TPSA) is 67.9 Å². The molecule has 0 heterocycles. The van der Waals surface area contributed by atoms with Gasteiger partial charge in [0.05, 0.1) is 19.8 Å². The summed E-state index contributed by atoms with van der Waals surface area (Å²) in [6.07, 6.45) is 1.73. The van der Waals surface area contributed by atoms with Crippen LogP contribution in [0.2, 0.25) is 0 Å². The Balaban J connectivity index is 2.07. The predicted octanol–water partition coefficient (Wildman–Crippen LogP) is 5.05. The molecule has 7 heteroatoms. The fourth-order valence-corrected chi connectivity index (χ4v) is 3.24. The van der Waals surface area contributed by atoms with Crippen molar-refractivity contribution in [2.24, 2.45) is 0 Å². The highest BCUT2D eigenvalue weighted by atomic mass is 79.9. The summed E-state index contributed by atoms with van der Waals surface area (Å²) in [5.41, 5.74) is 2.10. The van der Waals surface area contributed by atoms with E-state index in [0.717, 1.165) is 28.6 Å². The molecule has 0 fully saturated rings. The van der Waals surface area contributed by atoms with Gasteiger partial charge in [0.25, 0.3) is 5.91 Å². The zero-order valence-corrected chi connectivity index (χ0v) is 19.5. The number of anilines is 1. The first-order valence-corrected chi connectivity index (χ1v) is 10.9. The lowest BCUT2D eigenvalue weighted by atomic mass is 10.1. The maximum atomic E-state index is 12.8. The van der Waals surface area contributed by atoms with Crippen molar-refractivity contribution >= 4 is 33.4 Å². The molecular formula is C23H29BrN2O4. The number of aryl methyl sites for hydroxylation is 1. The summed E-state index contributed by atoms with van der Waals surface area (Å²) in [6, 6.07) is 10.7. The third kappa shape index (κ3) is 6.76. The van der Waals surface area contributed by atoms with Crippen molar-refractivity contribution in [1.82, 2.24) is 4.90 Å². The number of likely N-dealkylation sites (N-methyl/N-ethyl adjacent to an activating group) is 1. The molecule has 0 saturated carbocycles. The van der Waals surface area contributed by atoms with Crippen molar-refractivity contribution in [2.75, 3.05) is 32.1 Å². The number of hydrogen-bond donors (Lipinski definition) is 1. The summed E-state index contributed by atoms with van der Waals surface area (Å²) in [4.78, 5) is 26.6. The summed E-state index contributed by atoms with van der Waals surface area (Å²) in [6.45, 7) is 7.00. The van der Waals surface area contributed by atoms with Gasteiger partial charge in [0.1, 0.15) is 0 Å². The van der Waals surface area contributed by atoms with Crippen LogP contribution >= 0.6 is 15.9 Å². The first-order chi connectivity index (χ1) is 14.3. The lowest BCUT2D eigenvalue weighted by molar-refractivity contribution is -0.116. The van der Waals surface area contributed by atoms with Crippen LogP contribution in [0.25, 0.3) is 0 Å². The Morgan fingerprint density at radius 1 is 1.00 bits per heavy atom. The van der Waals surface area contributed by atoms with E-state index in [-0.39, 0.29) is 18.4 Å². The van der Waals surface area contributed by atoms with E-state index in [1.54, 1.807) is 25.2 Å². The van der Waals surface area contributed by atoms with E-state index in [2.05, 4.69) is 21.2 Å². The zero-order valence-electron chi connectivity index (χ0n) is 18.0. The summed E-state index contributed by atoms with van der Waals surface area (Å²) < 4.78 is 12.4. The second kappa shape index (κ2) is 11.6. The largest absolute Gasteiger partial charge is 0.490 e. The molecule has 30 heavy (non-hydrogen) atoms. The second-order valence-corrected chi connectivity index (χ2v) is 7.94. The summed E-state index contributed by atoms with van der Waals surface area (Å²) >= 11 is 3.40. The van der Waals surface area contributed by atoms with Crippen LogP contribution in [-0.4, -0.2) is 43.5 Å². The van der Waals surface area contributed by atoms with Gasteiger partial charge in [-0.1, -0.05) is 29.8 Å². The van der Waals surface area contributed by atoms with E-state index in [0.29, 0.717) is 30.3 Å². The summed E-state index contributed by atoms with van der Waals surface area (Å²) in [7, 11) is 1.60. The van der Waals surface area contributed by atoms with Crippen LogP contribution < -0.4 is 14.8 Å². The van der Waals surface area contributed by atoms with Gasteiger partial charge in [-0.25, -0.2) is 0 Å². The Bertz CT molecular complexity index is 886. The number of benzene rings is 2. The smallest absolute Gasteiger partial charge is 0.254 e. The van der Waals surface area contributed by atoms with Gasteiger partial charge in [-0.3, -0.25) is 9.59 Å². The third-order valence-electron chi connectivity index (χ3n) is 4.30. The predicted molar refractivity (Wildman–Crippen MR) is 122 cm³/mol. The van der Waals surface area contributed by atoms with Gasteiger partial charge in [0.15, 0.2) is 11.5 Å². The molecule has 0 aliphatic carbocycles. The van der Waals surface area contributed by atoms with E-state index < -0.39 is 0 Å². The number of rotatable bonds is 10. The number of hydrogen-bond acceptors (Lipinski definition) is 4. The van der Waals surface area contributed by atoms with Gasteiger partial charge < -0.3 is 19.7 Å². The summed E-state index contributed by atoms with van der Waals surface area (Å²) in [5.74, 6) is 0.634. The first-order valence-electron chi connectivity index (χ1n) is 10.1. The molecule has 0 radical (unpaired) electrons. The fraction of sp³-hybridized carbons (Fsp3) is 0.391. The highest BCUT2D eigenvalue weighted by Gasteiger charge is 2.18. The average molecular weight is 477 g/mol. The van der Waals surface area contributed by atoms with Crippen LogP contribution in [0.3, 0.4) is 0 Å². The van der Waals surface area contributed by atoms with E-state index >= 15 is 0 Å². The molecule has 0 spiro atoms. The Labute approximate surface area is 186 Å². The van der Waals surface area contributed by atoms with Crippen molar-refractivity contribution in [3.63, 3.8) is 0 Å². The van der Waals surface area contributed by atoms with Gasteiger partial charge in [-0.2, -0.15) is 0 Å². The molecule has 0 aliphatic heterocycles. The molecule has 0 aliphatic rings. The second-order valence-electron chi connectivity index (χ2n) is 7.03. The third-order valence-corrected chi connectivity index (χ3v) is 4.80. The maximum absolute atomic E-state index is 12.8. The van der Waals surface area contributed by atoms with E-state index in [1.807, 2.05) is 39.0 Å². The molecule has 0 bridgehead atoms. The SMILES string of the molecule is CCCOc1ccc(C(=O)N(C)CC(=O)Nc2ccc(Br)cc2C)cc1OCCC. The molecule has 162 valence electrons. The highest BCUT2D eigenvalue weighted by Crippen LogP contribution is 2.29. The van der Waals surface area contributed by atoms with Crippen LogP contribution in [0, 0.1) is 6.92 Å². The van der Waals surface area contributed by atoms with Gasteiger partial charge in [-0.05, 0) is 61.7 Å². The number of ether oxygens (including phenoxy) is 2. The molecule has 2 aromatic carbocycles. The molecule has 2 aromatic rings. The van der Waals surface area contributed by atoms with Crippen molar-refractivity contribution < 1.29 is 19.1 Å². The first kappa shape index (κ1) is 23.7. The van der Waals surface area contributed by atoms with Gasteiger partial charge in [0, 0.05) is 22.8 Å². The molecule has 1 N–H and O–H groups in total. The Morgan fingerprint density at radius 3 is 2.30 bits per heavy atom. The van der Waals surface area contributed by atoms with Crippen LogP contribution in [0.1, 0.15) is 42.6 Å². The Kier molecular flexibility index (Phi) is 9.17. The van der Waals surface area contributed by atoms with E-state index in [9.17, 15) is 9.59 Å². The molecule has 0 saturated heterocycles. The number of carbonyl (C=O) groups is 2. The number of nitrogens with one attached hydrogen (secondary N) is 1. The van der Waals surface area contributed by atoms with Crippen molar-refractivity contribution in [3.05, 3.63) is 52.0 Å². The van der Waals surface area contributed by atoms with E-state index in [4.69, 9.17) is 9.47 Å².